The van der Waals surface area contributed by atoms with Gasteiger partial charge in [-0.05, 0) is 72.7 Å². The summed E-state index contributed by atoms with van der Waals surface area (Å²) in [6.45, 7) is 1.84. The van der Waals surface area contributed by atoms with Crippen LogP contribution < -0.4 is 0 Å². The van der Waals surface area contributed by atoms with Crippen LogP contribution in [0.2, 0.25) is 0 Å². The third-order valence-corrected chi connectivity index (χ3v) is 9.45. The lowest BCUT2D eigenvalue weighted by molar-refractivity contribution is -0.140. The lowest BCUT2D eigenvalue weighted by Gasteiger charge is -2.42. The highest BCUT2D eigenvalue weighted by atomic mass is 16.3. The topological polar surface area (TPSA) is 112 Å². The van der Waals surface area contributed by atoms with Gasteiger partial charge in [0.15, 0.2) is 11.6 Å². The highest BCUT2D eigenvalue weighted by Gasteiger charge is 2.56. The van der Waals surface area contributed by atoms with Crippen LogP contribution in [-0.2, 0) is 25.6 Å². The average Bonchev–Trinajstić information content (AvgIpc) is 3.23. The third-order valence-electron chi connectivity index (χ3n) is 9.45. The van der Waals surface area contributed by atoms with E-state index in [4.69, 9.17) is 0 Å². The number of allylic oxidation sites excluding steroid dienone is 6. The number of imide groups is 1. The van der Waals surface area contributed by atoms with Gasteiger partial charge in [-0.3, -0.25) is 24.1 Å². The number of likely N-dealkylation sites (tertiary alicyclic amines) is 1. The lowest BCUT2D eigenvalue weighted by Crippen LogP contribution is -2.40. The summed E-state index contributed by atoms with van der Waals surface area (Å²) >= 11 is 0. The molecule has 0 radical (unpaired) electrons. The number of rotatable bonds is 4. The Kier molecular flexibility index (Phi) is 6.01. The first kappa shape index (κ1) is 26.1. The number of amides is 2. The molecule has 210 valence electrons. The Bertz CT molecular complexity index is 1810. The highest BCUT2D eigenvalue weighted by molar-refractivity contribution is 6.24. The fraction of sp³-hybridized carbons (Fsp3) is 0.257. The molecule has 2 amide bonds. The summed E-state index contributed by atoms with van der Waals surface area (Å²) in [5.74, 6) is -3.15. The van der Waals surface area contributed by atoms with E-state index >= 15 is 0 Å². The number of carbonyl (C=O) groups excluding carboxylic acids is 4. The maximum atomic E-state index is 14.0. The normalized spacial score (nSPS) is 25.3. The number of hydrogen-bond donors (Lipinski definition) is 2. The summed E-state index contributed by atoms with van der Waals surface area (Å²) in [7, 11) is 0. The van der Waals surface area contributed by atoms with Crippen molar-refractivity contribution in [3.05, 3.63) is 106 Å². The molecule has 3 aliphatic carbocycles. The Morgan fingerprint density at radius 3 is 2.43 bits per heavy atom. The van der Waals surface area contributed by atoms with Crippen LogP contribution >= 0.6 is 0 Å². The second kappa shape index (κ2) is 9.65. The average molecular weight is 560 g/mol. The number of nitrogens with zero attached hydrogens (tertiary/aromatic N) is 1. The van der Waals surface area contributed by atoms with Gasteiger partial charge in [0.1, 0.15) is 11.5 Å². The van der Waals surface area contributed by atoms with Crippen LogP contribution in [-0.4, -0.2) is 45.0 Å². The molecule has 0 bridgehead atoms. The number of phenolic OH excluding ortho intramolecular Hbond substituents is 2. The van der Waals surface area contributed by atoms with E-state index in [2.05, 4.69) is 0 Å². The molecule has 0 spiro atoms. The van der Waals surface area contributed by atoms with E-state index in [-0.39, 0.29) is 47.8 Å². The first-order valence-corrected chi connectivity index (χ1v) is 14.3. The van der Waals surface area contributed by atoms with Crippen molar-refractivity contribution in [3.8, 4) is 11.5 Å². The number of fused-ring (bicyclic) bond motifs is 4. The van der Waals surface area contributed by atoms with Crippen LogP contribution in [0.5, 0.6) is 11.5 Å². The zero-order valence-electron chi connectivity index (χ0n) is 23.0. The van der Waals surface area contributed by atoms with Gasteiger partial charge in [-0.25, -0.2) is 0 Å². The molecule has 7 nitrogen and oxygen atoms in total. The number of hydrogen-bond acceptors (Lipinski definition) is 6. The zero-order valence-corrected chi connectivity index (χ0v) is 23.0. The summed E-state index contributed by atoms with van der Waals surface area (Å²) in [6, 6.07) is 17.7. The van der Waals surface area contributed by atoms with Gasteiger partial charge >= 0.3 is 0 Å². The highest BCUT2D eigenvalue weighted by Crippen LogP contribution is 2.57. The van der Waals surface area contributed by atoms with Crippen LogP contribution in [0.15, 0.2) is 95.1 Å². The van der Waals surface area contributed by atoms with Gasteiger partial charge in [0, 0.05) is 34.7 Å². The summed E-state index contributed by atoms with van der Waals surface area (Å²) in [5.41, 5.74) is 3.35. The number of carbonyl (C=O) groups is 4. The van der Waals surface area contributed by atoms with Gasteiger partial charge in [-0.2, -0.15) is 0 Å². The van der Waals surface area contributed by atoms with Gasteiger partial charge in [0.2, 0.25) is 11.8 Å². The number of phenols is 2. The second-order valence-electron chi connectivity index (χ2n) is 11.7. The molecule has 2 N–H and O–H groups in total. The molecule has 1 saturated heterocycles. The Morgan fingerprint density at radius 2 is 1.64 bits per heavy atom. The van der Waals surface area contributed by atoms with Crippen molar-refractivity contribution in [1.29, 1.82) is 0 Å². The summed E-state index contributed by atoms with van der Waals surface area (Å²) < 4.78 is 0. The Hall–Kier alpha value is -4.78. The number of benzene rings is 3. The minimum absolute atomic E-state index is 0.0186. The van der Waals surface area contributed by atoms with E-state index in [1.165, 1.54) is 11.0 Å². The van der Waals surface area contributed by atoms with Crippen LogP contribution in [0.4, 0.5) is 0 Å². The van der Waals surface area contributed by atoms with E-state index in [1.807, 2.05) is 36.4 Å². The van der Waals surface area contributed by atoms with Gasteiger partial charge in [0.25, 0.3) is 0 Å². The standard InChI is InChI=1S/C35H29NO6/c1-18-16-28(39)31-26(33(18)40)17-25-23(32(31)30-22-5-3-2-4-20(22)8-13-27(30)38)11-12-24-29(25)35(42)36(34(24)41)15-14-19-6-9-21(37)10-7-19/h2-11,13,16,24-25,29,32,37-38H,12,14-15,17H2,1H3. The molecule has 1 aliphatic heterocycles. The molecule has 4 unspecified atom stereocenters. The number of ketones is 2. The van der Waals surface area contributed by atoms with E-state index in [0.717, 1.165) is 21.9 Å². The van der Waals surface area contributed by atoms with Crippen LogP contribution in [0.25, 0.3) is 10.8 Å². The molecule has 4 aliphatic rings. The first-order chi connectivity index (χ1) is 20.2. The molecule has 3 aromatic carbocycles. The van der Waals surface area contributed by atoms with Crippen LogP contribution in [0, 0.1) is 17.8 Å². The SMILES string of the molecule is CC1=CC(=O)C2=C(CC3C(=CCC4C(=O)N(CCc5ccc(O)cc5)C(=O)C43)C2c2c(O)ccc3ccccc23)C1=O. The van der Waals surface area contributed by atoms with Crippen LogP contribution in [0.3, 0.4) is 0 Å². The Balaban J connectivity index is 1.32. The quantitative estimate of drug-likeness (QED) is 0.267. The Labute approximate surface area is 242 Å². The van der Waals surface area contributed by atoms with E-state index in [1.54, 1.807) is 37.3 Å². The molecule has 1 fully saturated rings. The predicted molar refractivity (Wildman–Crippen MR) is 155 cm³/mol. The number of Topliss-reactive ketones (excluding diaryl/α,β-unsaturated/α-hetero) is 1. The van der Waals surface area contributed by atoms with Gasteiger partial charge < -0.3 is 10.2 Å². The van der Waals surface area contributed by atoms with Gasteiger partial charge in [0.05, 0.1) is 11.8 Å². The van der Waals surface area contributed by atoms with E-state index in [9.17, 15) is 29.4 Å². The van der Waals surface area contributed by atoms with Crippen molar-refractivity contribution in [3.63, 3.8) is 0 Å². The first-order valence-electron chi connectivity index (χ1n) is 14.3. The van der Waals surface area contributed by atoms with Crippen molar-refractivity contribution in [2.24, 2.45) is 17.8 Å². The molecular formula is C35H29NO6. The zero-order chi connectivity index (χ0) is 29.3. The molecule has 0 aromatic heterocycles. The second-order valence-corrected chi connectivity index (χ2v) is 11.7. The van der Waals surface area contributed by atoms with Crippen molar-refractivity contribution in [2.45, 2.75) is 32.1 Å². The molecule has 7 rings (SSSR count). The monoisotopic (exact) mass is 559 g/mol. The van der Waals surface area contributed by atoms with Crippen LogP contribution in [0.1, 0.15) is 36.8 Å². The molecule has 4 atom stereocenters. The molecule has 7 heteroatoms. The fourth-order valence-corrected chi connectivity index (χ4v) is 7.49. The van der Waals surface area contributed by atoms with Crippen molar-refractivity contribution in [1.82, 2.24) is 4.90 Å². The minimum atomic E-state index is -0.708. The smallest absolute Gasteiger partial charge is 0.233 e. The predicted octanol–water partition coefficient (Wildman–Crippen LogP) is 4.92. The maximum Gasteiger partial charge on any atom is 0.233 e. The largest absolute Gasteiger partial charge is 0.508 e. The molecule has 0 saturated carbocycles. The van der Waals surface area contributed by atoms with E-state index < -0.39 is 23.7 Å². The number of aromatic hydroxyl groups is 2. The molecular weight excluding hydrogens is 530 g/mol. The maximum absolute atomic E-state index is 14.0. The molecule has 42 heavy (non-hydrogen) atoms. The summed E-state index contributed by atoms with van der Waals surface area (Å²) in [4.78, 5) is 56.0. The molecule has 3 aromatic rings. The van der Waals surface area contributed by atoms with Crippen molar-refractivity contribution >= 4 is 34.2 Å². The van der Waals surface area contributed by atoms with E-state index in [0.29, 0.717) is 35.1 Å². The minimum Gasteiger partial charge on any atom is -0.508 e. The van der Waals surface area contributed by atoms with Gasteiger partial charge in [-0.1, -0.05) is 54.1 Å². The van der Waals surface area contributed by atoms with Crippen molar-refractivity contribution < 1.29 is 29.4 Å². The molecule has 1 heterocycles. The van der Waals surface area contributed by atoms with Gasteiger partial charge in [-0.15, -0.1) is 0 Å². The van der Waals surface area contributed by atoms with Crippen molar-refractivity contribution in [2.75, 3.05) is 6.54 Å². The third kappa shape index (κ3) is 3.87. The fourth-order valence-electron chi connectivity index (χ4n) is 7.49. The lowest BCUT2D eigenvalue weighted by atomic mass is 9.59. The summed E-state index contributed by atoms with van der Waals surface area (Å²) in [6.07, 6.45) is 4.35. The Morgan fingerprint density at radius 1 is 0.881 bits per heavy atom. The summed E-state index contributed by atoms with van der Waals surface area (Å²) in [5, 5.41) is 22.5.